The lowest BCUT2D eigenvalue weighted by atomic mass is 10.1. The highest BCUT2D eigenvalue weighted by Crippen LogP contribution is 2.12. The molecule has 24 heavy (non-hydrogen) atoms. The van der Waals surface area contributed by atoms with Crippen LogP contribution in [0.15, 0.2) is 41.7 Å². The molecule has 0 bridgehead atoms. The molecule has 1 aromatic heterocycles. The van der Waals surface area contributed by atoms with Gasteiger partial charge in [-0.05, 0) is 19.4 Å². The van der Waals surface area contributed by atoms with Gasteiger partial charge < -0.3 is 10.6 Å². The second kappa shape index (κ2) is 10.2. The molecule has 8 heteroatoms. The first kappa shape index (κ1) is 20.3. The van der Waals surface area contributed by atoms with Gasteiger partial charge in [0.2, 0.25) is 0 Å². The molecular formula is C16H22F2IN5. The molecule has 0 spiro atoms. The Balaban J connectivity index is 0.00000288. The molecule has 0 aliphatic heterocycles. The highest BCUT2D eigenvalue weighted by molar-refractivity contribution is 14.0. The fraction of sp³-hybridized carbons (Fsp3) is 0.375. The number of aliphatic imine (C=N–C) groups is 1. The van der Waals surface area contributed by atoms with Gasteiger partial charge in [0.15, 0.2) is 5.96 Å². The van der Waals surface area contributed by atoms with Crippen molar-refractivity contribution in [3.63, 3.8) is 0 Å². The van der Waals surface area contributed by atoms with Crippen LogP contribution in [0.25, 0.3) is 0 Å². The van der Waals surface area contributed by atoms with Crippen molar-refractivity contribution in [2.75, 3.05) is 6.54 Å². The lowest BCUT2D eigenvalue weighted by Gasteiger charge is -2.12. The second-order valence-electron chi connectivity index (χ2n) is 5.06. The standard InChI is InChI=1S/C16H21F2N5.HI/c1-3-19-16(21-10-13-6-4-12(2)5-7-13)22-11-14-20-8-9-23(14)15(17)18;/h4-9,15H,3,10-11H2,1-2H3,(H2,19,21,22);1H. The van der Waals surface area contributed by atoms with Crippen molar-refractivity contribution in [1.29, 1.82) is 0 Å². The van der Waals surface area contributed by atoms with Crippen molar-refractivity contribution in [3.05, 3.63) is 53.6 Å². The van der Waals surface area contributed by atoms with Gasteiger partial charge in [0.05, 0.1) is 13.1 Å². The summed E-state index contributed by atoms with van der Waals surface area (Å²) in [4.78, 5) is 8.39. The van der Waals surface area contributed by atoms with E-state index in [4.69, 9.17) is 0 Å². The van der Waals surface area contributed by atoms with Crippen LogP contribution >= 0.6 is 24.0 Å². The number of hydrogen-bond acceptors (Lipinski definition) is 2. The van der Waals surface area contributed by atoms with Gasteiger partial charge in [0.1, 0.15) is 5.82 Å². The first-order valence-electron chi connectivity index (χ1n) is 7.47. The number of aromatic nitrogens is 2. The third-order valence-electron chi connectivity index (χ3n) is 3.26. The molecule has 0 radical (unpaired) electrons. The van der Waals surface area contributed by atoms with Crippen LogP contribution in [0.1, 0.15) is 30.4 Å². The molecule has 0 saturated heterocycles. The van der Waals surface area contributed by atoms with E-state index in [0.29, 0.717) is 19.0 Å². The second-order valence-corrected chi connectivity index (χ2v) is 5.06. The molecule has 5 nitrogen and oxygen atoms in total. The monoisotopic (exact) mass is 449 g/mol. The van der Waals surface area contributed by atoms with Crippen molar-refractivity contribution in [2.45, 2.75) is 33.5 Å². The summed E-state index contributed by atoms with van der Waals surface area (Å²) in [6, 6.07) is 8.10. The zero-order chi connectivity index (χ0) is 16.7. The Kier molecular flexibility index (Phi) is 8.66. The topological polar surface area (TPSA) is 54.2 Å². The van der Waals surface area contributed by atoms with E-state index in [1.165, 1.54) is 18.0 Å². The van der Waals surface area contributed by atoms with Crippen molar-refractivity contribution in [2.24, 2.45) is 4.99 Å². The Hall–Kier alpha value is -1.71. The van der Waals surface area contributed by atoms with Gasteiger partial charge in [-0.2, -0.15) is 8.78 Å². The van der Waals surface area contributed by atoms with Crippen LogP contribution in [-0.4, -0.2) is 22.1 Å². The van der Waals surface area contributed by atoms with E-state index in [-0.39, 0.29) is 36.3 Å². The van der Waals surface area contributed by atoms with Crippen molar-refractivity contribution < 1.29 is 8.78 Å². The summed E-state index contributed by atoms with van der Waals surface area (Å²) in [6.45, 7) is 2.76. The maximum absolute atomic E-state index is 12.8. The molecule has 1 heterocycles. The molecule has 0 aliphatic rings. The molecule has 2 rings (SSSR count). The number of rotatable bonds is 6. The van der Waals surface area contributed by atoms with Crippen LogP contribution < -0.4 is 10.6 Å². The number of hydrogen-bond donors (Lipinski definition) is 2. The molecule has 0 amide bonds. The molecule has 0 atom stereocenters. The summed E-state index contributed by atoms with van der Waals surface area (Å²) >= 11 is 0. The fourth-order valence-corrected chi connectivity index (χ4v) is 2.03. The Morgan fingerprint density at radius 2 is 1.96 bits per heavy atom. The lowest BCUT2D eigenvalue weighted by molar-refractivity contribution is 0.0668. The Morgan fingerprint density at radius 1 is 1.25 bits per heavy atom. The Bertz CT molecular complexity index is 640. The van der Waals surface area contributed by atoms with Crippen molar-refractivity contribution in [3.8, 4) is 0 Å². The molecule has 1 aromatic carbocycles. The van der Waals surface area contributed by atoms with Gasteiger partial charge in [0.25, 0.3) is 0 Å². The number of nitrogens with zero attached hydrogens (tertiary/aromatic N) is 3. The van der Waals surface area contributed by atoms with Crippen LogP contribution in [0.2, 0.25) is 0 Å². The summed E-state index contributed by atoms with van der Waals surface area (Å²) < 4.78 is 26.4. The van der Waals surface area contributed by atoms with E-state index >= 15 is 0 Å². The number of halogens is 3. The average molecular weight is 449 g/mol. The van der Waals surface area contributed by atoms with E-state index in [9.17, 15) is 8.78 Å². The van der Waals surface area contributed by atoms with Crippen LogP contribution in [0.4, 0.5) is 8.78 Å². The minimum Gasteiger partial charge on any atom is -0.357 e. The maximum atomic E-state index is 12.8. The fourth-order valence-electron chi connectivity index (χ4n) is 2.03. The molecule has 0 aliphatic carbocycles. The molecule has 0 saturated carbocycles. The smallest absolute Gasteiger partial charge is 0.319 e. The number of benzene rings is 1. The van der Waals surface area contributed by atoms with E-state index in [2.05, 4.69) is 20.6 Å². The minimum atomic E-state index is -2.60. The molecule has 2 aromatic rings. The molecule has 0 fully saturated rings. The van der Waals surface area contributed by atoms with Gasteiger partial charge >= 0.3 is 6.55 Å². The normalized spacial score (nSPS) is 11.3. The number of imidazole rings is 1. The number of alkyl halides is 2. The highest BCUT2D eigenvalue weighted by Gasteiger charge is 2.11. The molecule has 132 valence electrons. The van der Waals surface area contributed by atoms with Crippen LogP contribution in [-0.2, 0) is 13.1 Å². The first-order chi connectivity index (χ1) is 11.1. The SMILES string of the molecule is CCNC(=NCc1ccc(C)cc1)NCc1nccn1C(F)F.I. The Labute approximate surface area is 157 Å². The van der Waals surface area contributed by atoms with E-state index in [1.54, 1.807) is 0 Å². The van der Waals surface area contributed by atoms with Crippen molar-refractivity contribution in [1.82, 2.24) is 20.2 Å². The summed E-state index contributed by atoms with van der Waals surface area (Å²) in [5, 5.41) is 6.11. The van der Waals surface area contributed by atoms with Gasteiger partial charge in [-0.25, -0.2) is 9.98 Å². The summed E-state index contributed by atoms with van der Waals surface area (Å²) in [6.07, 6.45) is 2.62. The third kappa shape index (κ3) is 6.06. The zero-order valence-electron chi connectivity index (χ0n) is 13.7. The molecule has 2 N–H and O–H groups in total. The van der Waals surface area contributed by atoms with Crippen LogP contribution in [0, 0.1) is 6.92 Å². The van der Waals surface area contributed by atoms with Crippen molar-refractivity contribution >= 4 is 29.9 Å². The average Bonchev–Trinajstić information content (AvgIpc) is 3.00. The highest BCUT2D eigenvalue weighted by atomic mass is 127. The Morgan fingerprint density at radius 3 is 2.58 bits per heavy atom. The van der Waals surface area contributed by atoms with Gasteiger partial charge in [-0.15, -0.1) is 24.0 Å². The number of aryl methyl sites for hydroxylation is 1. The number of guanidine groups is 1. The van der Waals surface area contributed by atoms with E-state index in [1.807, 2.05) is 38.1 Å². The summed E-state index contributed by atoms with van der Waals surface area (Å²) in [5.41, 5.74) is 2.28. The third-order valence-corrected chi connectivity index (χ3v) is 3.26. The van der Waals surface area contributed by atoms with E-state index < -0.39 is 6.55 Å². The summed E-state index contributed by atoms with van der Waals surface area (Å²) in [5.74, 6) is 0.831. The predicted octanol–water partition coefficient (Wildman–Crippen LogP) is 3.46. The summed E-state index contributed by atoms with van der Waals surface area (Å²) in [7, 11) is 0. The largest absolute Gasteiger partial charge is 0.357 e. The van der Waals surface area contributed by atoms with Crippen LogP contribution in [0.3, 0.4) is 0 Å². The quantitative estimate of drug-likeness (QED) is 0.404. The lowest BCUT2D eigenvalue weighted by Crippen LogP contribution is -2.37. The van der Waals surface area contributed by atoms with Crippen LogP contribution in [0.5, 0.6) is 0 Å². The zero-order valence-corrected chi connectivity index (χ0v) is 16.0. The predicted molar refractivity (Wildman–Crippen MR) is 102 cm³/mol. The minimum absolute atomic E-state index is 0. The number of nitrogens with one attached hydrogen (secondary N) is 2. The molecule has 0 unspecified atom stereocenters. The van der Waals surface area contributed by atoms with Gasteiger partial charge in [-0.3, -0.25) is 4.57 Å². The molecular weight excluding hydrogens is 427 g/mol. The first-order valence-corrected chi connectivity index (χ1v) is 7.47. The van der Waals surface area contributed by atoms with Gasteiger partial charge in [0, 0.05) is 18.9 Å². The maximum Gasteiger partial charge on any atom is 0.319 e. The van der Waals surface area contributed by atoms with Gasteiger partial charge in [-0.1, -0.05) is 29.8 Å². The van der Waals surface area contributed by atoms with E-state index in [0.717, 1.165) is 10.1 Å².